The zero-order valence-corrected chi connectivity index (χ0v) is 23.6. The van der Waals surface area contributed by atoms with Crippen LogP contribution in [0.4, 0.5) is 10.1 Å². The van der Waals surface area contributed by atoms with E-state index in [2.05, 4.69) is 32.2 Å². The van der Waals surface area contributed by atoms with E-state index >= 15 is 0 Å². The van der Waals surface area contributed by atoms with Gasteiger partial charge in [0.1, 0.15) is 11.6 Å². The number of anilines is 1. The van der Waals surface area contributed by atoms with Crippen LogP contribution in [-0.4, -0.2) is 89.7 Å². The molecule has 3 heterocycles. The number of methoxy groups -OCH3 is 2. The zero-order chi connectivity index (χ0) is 29.2. The Bertz CT molecular complexity index is 1580. The summed E-state index contributed by atoms with van der Waals surface area (Å²) in [4.78, 5) is 32.4. The van der Waals surface area contributed by atoms with Gasteiger partial charge in [-0.3, -0.25) is 9.69 Å². The van der Waals surface area contributed by atoms with Crippen LogP contribution >= 0.6 is 0 Å². The van der Waals surface area contributed by atoms with Crippen molar-refractivity contribution in [2.24, 2.45) is 0 Å². The van der Waals surface area contributed by atoms with Gasteiger partial charge in [-0.05, 0) is 47.7 Å². The van der Waals surface area contributed by atoms with E-state index in [0.29, 0.717) is 45.7 Å². The second-order valence-electron chi connectivity index (χ2n) is 10.7. The molecule has 6 rings (SSSR count). The van der Waals surface area contributed by atoms with Crippen molar-refractivity contribution in [3.63, 3.8) is 0 Å². The van der Waals surface area contributed by atoms with Crippen molar-refractivity contribution in [1.82, 2.24) is 24.8 Å². The van der Waals surface area contributed by atoms with Crippen LogP contribution in [0.5, 0.6) is 5.75 Å². The number of benzene rings is 3. The van der Waals surface area contributed by atoms with E-state index in [1.807, 2.05) is 29.2 Å². The van der Waals surface area contributed by atoms with Crippen LogP contribution in [0, 0.1) is 5.82 Å². The monoisotopic (exact) mass is 572 g/mol. The first-order valence-corrected chi connectivity index (χ1v) is 14.0. The number of likely N-dealkylation sites (tertiary alicyclic amines) is 1. The molecule has 0 unspecified atom stereocenters. The molecule has 2 atom stereocenters. The maximum atomic E-state index is 14.1. The fraction of sp³-hybridized carbons (Fsp3) is 0.355. The number of amides is 1. The molecule has 2 fully saturated rings. The lowest BCUT2D eigenvalue weighted by Gasteiger charge is -2.38. The number of piperazine rings is 1. The standard InChI is InChI=1S/C31H33FN6O4/c1-41-29-12-7-21(25-5-3-4-6-26(25)29)18-37-19-24(38-20-27(33-34-38)31(40)42-2)17-28(37)30(39)36-15-13-35(14-16-36)23-10-8-22(32)9-11-23/h3-12,20,24,28H,13-19H2,1-2H3/t24-,28+/m1/s1. The highest BCUT2D eigenvalue weighted by molar-refractivity contribution is 5.91. The van der Waals surface area contributed by atoms with Crippen LogP contribution in [0.2, 0.25) is 0 Å². The Morgan fingerprint density at radius 1 is 0.952 bits per heavy atom. The average molecular weight is 573 g/mol. The fourth-order valence-electron chi connectivity index (χ4n) is 6.07. The molecule has 42 heavy (non-hydrogen) atoms. The lowest BCUT2D eigenvalue weighted by molar-refractivity contribution is -0.136. The van der Waals surface area contributed by atoms with E-state index < -0.39 is 5.97 Å². The van der Waals surface area contributed by atoms with Crippen LogP contribution in [0.25, 0.3) is 10.8 Å². The smallest absolute Gasteiger partial charge is 0.360 e. The minimum atomic E-state index is -0.549. The molecule has 1 amide bonds. The number of ether oxygens (including phenoxy) is 2. The van der Waals surface area contributed by atoms with Crippen LogP contribution in [-0.2, 0) is 16.1 Å². The second-order valence-corrected chi connectivity index (χ2v) is 10.7. The number of esters is 1. The highest BCUT2D eigenvalue weighted by atomic mass is 19.1. The highest BCUT2D eigenvalue weighted by Gasteiger charge is 2.41. The third-order valence-electron chi connectivity index (χ3n) is 8.30. The molecule has 4 aromatic rings. The Kier molecular flexibility index (Phi) is 7.75. The minimum absolute atomic E-state index is 0.0716. The summed E-state index contributed by atoms with van der Waals surface area (Å²) in [6.45, 7) is 3.62. The number of carbonyl (C=O) groups excluding carboxylic acids is 2. The molecule has 218 valence electrons. The highest BCUT2D eigenvalue weighted by Crippen LogP contribution is 2.34. The number of halogens is 1. The Balaban J connectivity index is 1.24. The molecule has 1 aromatic heterocycles. The van der Waals surface area contributed by atoms with Gasteiger partial charge in [0.2, 0.25) is 5.91 Å². The number of fused-ring (bicyclic) bond motifs is 1. The molecule has 0 radical (unpaired) electrons. The molecule has 0 N–H and O–H groups in total. The fourth-order valence-corrected chi connectivity index (χ4v) is 6.07. The minimum Gasteiger partial charge on any atom is -0.496 e. The molecular weight excluding hydrogens is 539 g/mol. The number of rotatable bonds is 7. The first-order chi connectivity index (χ1) is 20.4. The van der Waals surface area contributed by atoms with Crippen molar-refractivity contribution in [3.8, 4) is 5.75 Å². The molecule has 0 bridgehead atoms. The molecule has 11 heteroatoms. The lowest BCUT2D eigenvalue weighted by Crippen LogP contribution is -2.53. The third-order valence-corrected chi connectivity index (χ3v) is 8.30. The maximum absolute atomic E-state index is 14.1. The van der Waals surface area contributed by atoms with E-state index in [1.54, 1.807) is 30.1 Å². The molecule has 2 aliphatic heterocycles. The Morgan fingerprint density at radius 2 is 1.69 bits per heavy atom. The maximum Gasteiger partial charge on any atom is 0.360 e. The zero-order valence-electron chi connectivity index (χ0n) is 23.6. The Labute approximate surface area is 243 Å². The topological polar surface area (TPSA) is 93.0 Å². The predicted octanol–water partition coefficient (Wildman–Crippen LogP) is 3.53. The summed E-state index contributed by atoms with van der Waals surface area (Å²) in [5.41, 5.74) is 2.18. The Hall–Kier alpha value is -4.51. The first-order valence-electron chi connectivity index (χ1n) is 14.0. The third kappa shape index (κ3) is 5.39. The summed E-state index contributed by atoms with van der Waals surface area (Å²) in [6, 6.07) is 18.1. The number of hydrogen-bond donors (Lipinski definition) is 0. The van der Waals surface area contributed by atoms with Crippen LogP contribution in [0.1, 0.15) is 28.5 Å². The number of aromatic nitrogens is 3. The summed E-state index contributed by atoms with van der Waals surface area (Å²) >= 11 is 0. The van der Waals surface area contributed by atoms with E-state index in [4.69, 9.17) is 9.47 Å². The number of carbonyl (C=O) groups is 2. The largest absolute Gasteiger partial charge is 0.496 e. The number of nitrogens with zero attached hydrogens (tertiary/aromatic N) is 6. The lowest BCUT2D eigenvalue weighted by atomic mass is 10.0. The van der Waals surface area contributed by atoms with Crippen LogP contribution in [0.3, 0.4) is 0 Å². The van der Waals surface area contributed by atoms with Crippen LogP contribution < -0.4 is 9.64 Å². The van der Waals surface area contributed by atoms with E-state index in [0.717, 1.165) is 27.8 Å². The molecule has 3 aromatic carbocycles. The molecule has 0 aliphatic carbocycles. The molecule has 2 saturated heterocycles. The summed E-state index contributed by atoms with van der Waals surface area (Å²) in [5, 5.41) is 10.3. The van der Waals surface area contributed by atoms with Crippen molar-refractivity contribution >= 4 is 28.3 Å². The van der Waals surface area contributed by atoms with Crippen molar-refractivity contribution in [1.29, 1.82) is 0 Å². The van der Waals surface area contributed by atoms with E-state index in [9.17, 15) is 14.0 Å². The van der Waals surface area contributed by atoms with Crippen molar-refractivity contribution < 1.29 is 23.5 Å². The van der Waals surface area contributed by atoms with Gasteiger partial charge in [0.25, 0.3) is 0 Å². The van der Waals surface area contributed by atoms with Gasteiger partial charge >= 0.3 is 5.97 Å². The van der Waals surface area contributed by atoms with E-state index in [1.165, 1.54) is 19.2 Å². The van der Waals surface area contributed by atoms with Crippen molar-refractivity contribution in [3.05, 3.63) is 83.9 Å². The summed E-state index contributed by atoms with van der Waals surface area (Å²) < 4.78 is 25.5. The van der Waals surface area contributed by atoms with Crippen molar-refractivity contribution in [2.45, 2.75) is 25.0 Å². The van der Waals surface area contributed by atoms with Crippen LogP contribution in [0.15, 0.2) is 66.9 Å². The van der Waals surface area contributed by atoms with Gasteiger partial charge in [0.05, 0.1) is 32.5 Å². The average Bonchev–Trinajstić information content (AvgIpc) is 3.69. The van der Waals surface area contributed by atoms with Gasteiger partial charge in [-0.15, -0.1) is 5.10 Å². The normalized spacial score (nSPS) is 19.3. The molecule has 0 spiro atoms. The van der Waals surface area contributed by atoms with Gasteiger partial charge in [0.15, 0.2) is 5.69 Å². The first kappa shape index (κ1) is 27.6. The molecule has 10 nitrogen and oxygen atoms in total. The number of hydrogen-bond acceptors (Lipinski definition) is 8. The molecule has 2 aliphatic rings. The molecular formula is C31H33FN6O4. The second kappa shape index (κ2) is 11.8. The van der Waals surface area contributed by atoms with Gasteiger partial charge in [-0.2, -0.15) is 0 Å². The predicted molar refractivity (Wildman–Crippen MR) is 155 cm³/mol. The van der Waals surface area contributed by atoms with Gasteiger partial charge in [0, 0.05) is 50.3 Å². The summed E-state index contributed by atoms with van der Waals surface area (Å²) in [5.74, 6) is 0.0623. The van der Waals surface area contributed by atoms with Crippen molar-refractivity contribution in [2.75, 3.05) is 51.8 Å². The summed E-state index contributed by atoms with van der Waals surface area (Å²) in [7, 11) is 2.97. The quantitative estimate of drug-likeness (QED) is 0.311. The summed E-state index contributed by atoms with van der Waals surface area (Å²) in [6.07, 6.45) is 2.13. The molecule has 0 saturated carbocycles. The van der Waals surface area contributed by atoms with Gasteiger partial charge < -0.3 is 19.3 Å². The van der Waals surface area contributed by atoms with E-state index in [-0.39, 0.29) is 29.5 Å². The Morgan fingerprint density at radius 3 is 2.40 bits per heavy atom. The SMILES string of the molecule is COC(=O)c1cn([C@@H]2C[C@@H](C(=O)N3CCN(c4ccc(F)cc4)CC3)N(Cc3ccc(OC)c4ccccc34)C2)nn1. The van der Waals surface area contributed by atoms with Gasteiger partial charge in [-0.1, -0.05) is 35.5 Å². The van der Waals surface area contributed by atoms with Gasteiger partial charge in [-0.25, -0.2) is 13.9 Å².